The molecule has 1 aliphatic rings. The van der Waals surface area contributed by atoms with Crippen molar-refractivity contribution in [1.82, 2.24) is 24.6 Å². The lowest BCUT2D eigenvalue weighted by molar-refractivity contribution is -0.146. The highest BCUT2D eigenvalue weighted by Crippen LogP contribution is 2.40. The molecule has 2 aromatic heterocycles. The normalized spacial score (nSPS) is 15.2. The van der Waals surface area contributed by atoms with Crippen molar-refractivity contribution >= 4 is 46.2 Å². The van der Waals surface area contributed by atoms with Gasteiger partial charge in [-0.2, -0.15) is 5.10 Å². The summed E-state index contributed by atoms with van der Waals surface area (Å²) in [6.45, 7) is 10.0. The number of ether oxygens (including phenoxy) is 3. The number of benzene rings is 2. The van der Waals surface area contributed by atoms with Crippen LogP contribution in [-0.2, 0) is 33.7 Å². The van der Waals surface area contributed by atoms with Crippen LogP contribution in [0.4, 0.5) is 9.18 Å². The molecule has 2 unspecified atom stereocenters. The number of halogens is 3. The smallest absolute Gasteiger partial charge is 0.407 e. The van der Waals surface area contributed by atoms with Crippen LogP contribution in [0.5, 0.6) is 5.75 Å². The number of aryl methyl sites for hydroxylation is 1. The molecule has 1 amide bonds. The van der Waals surface area contributed by atoms with Crippen molar-refractivity contribution in [3.63, 3.8) is 0 Å². The minimum absolute atomic E-state index is 0.150. The molecule has 2 aromatic carbocycles. The van der Waals surface area contributed by atoms with Crippen molar-refractivity contribution in [3.05, 3.63) is 63.8 Å². The molecule has 0 aliphatic carbocycles. The Balaban J connectivity index is 1.42. The number of hydrogen-bond acceptors (Lipinski definition) is 7. The number of alkyl halides is 1. The number of imidazole rings is 1. The molecular formula is C32H36Cl2FN5O5. The Morgan fingerprint density at radius 3 is 2.69 bits per heavy atom. The maximum absolute atomic E-state index is 14.2. The number of esters is 1. The van der Waals surface area contributed by atoms with Gasteiger partial charge in [0.2, 0.25) is 0 Å². The van der Waals surface area contributed by atoms with Gasteiger partial charge in [-0.05, 0) is 63.4 Å². The average molecular weight is 661 g/mol. The van der Waals surface area contributed by atoms with Gasteiger partial charge in [0, 0.05) is 29.3 Å². The van der Waals surface area contributed by atoms with Crippen LogP contribution in [0, 0.1) is 0 Å². The second kappa shape index (κ2) is 13.3. The molecule has 0 bridgehead atoms. The first-order valence-electron chi connectivity index (χ1n) is 14.8. The maximum Gasteiger partial charge on any atom is 0.407 e. The summed E-state index contributed by atoms with van der Waals surface area (Å²) in [5.41, 5.74) is 3.24. The lowest BCUT2D eigenvalue weighted by Crippen LogP contribution is -2.34. The first-order chi connectivity index (χ1) is 21.4. The van der Waals surface area contributed by atoms with Crippen LogP contribution in [0.15, 0.2) is 36.8 Å². The van der Waals surface area contributed by atoms with Gasteiger partial charge in [0.25, 0.3) is 0 Å². The molecule has 1 N–H and O–H groups in total. The molecule has 0 fully saturated rings. The van der Waals surface area contributed by atoms with Crippen LogP contribution in [0.25, 0.3) is 22.0 Å². The Bertz CT molecular complexity index is 1730. The number of aromatic nitrogens is 4. The van der Waals surface area contributed by atoms with E-state index in [0.717, 1.165) is 11.1 Å². The molecule has 240 valence electrons. The molecule has 13 heteroatoms. The summed E-state index contributed by atoms with van der Waals surface area (Å²) in [5.74, 6) is 0.117. The third-order valence-corrected chi connectivity index (χ3v) is 8.00. The zero-order valence-electron chi connectivity index (χ0n) is 25.8. The van der Waals surface area contributed by atoms with E-state index in [2.05, 4.69) is 10.3 Å². The largest absolute Gasteiger partial charge is 0.491 e. The lowest BCUT2D eigenvalue weighted by Gasteiger charge is -2.19. The zero-order valence-corrected chi connectivity index (χ0v) is 27.3. The molecule has 45 heavy (non-hydrogen) atoms. The fourth-order valence-corrected chi connectivity index (χ4v) is 5.89. The Kier molecular flexibility index (Phi) is 9.60. The number of alkyl carbamates (subject to hydrolysis) is 1. The van der Waals surface area contributed by atoms with Crippen LogP contribution in [0.3, 0.4) is 0 Å². The summed E-state index contributed by atoms with van der Waals surface area (Å²) in [7, 11) is 0. The number of amides is 1. The lowest BCUT2D eigenvalue weighted by atomic mass is 10.00. The van der Waals surface area contributed by atoms with E-state index < -0.39 is 29.9 Å². The van der Waals surface area contributed by atoms with E-state index in [4.69, 9.17) is 42.5 Å². The second-order valence-electron chi connectivity index (χ2n) is 11.7. The molecule has 2 atom stereocenters. The minimum atomic E-state index is -1.05. The van der Waals surface area contributed by atoms with Crippen molar-refractivity contribution in [1.29, 1.82) is 0 Å². The van der Waals surface area contributed by atoms with Gasteiger partial charge >= 0.3 is 12.1 Å². The van der Waals surface area contributed by atoms with Gasteiger partial charge in [0.1, 0.15) is 29.6 Å². The third kappa shape index (κ3) is 7.04. The number of nitrogens with zero attached hydrogens (tertiary/aromatic N) is 4. The Morgan fingerprint density at radius 1 is 1.20 bits per heavy atom. The second-order valence-corrected chi connectivity index (χ2v) is 12.5. The van der Waals surface area contributed by atoms with Gasteiger partial charge in [-0.1, -0.05) is 36.2 Å². The van der Waals surface area contributed by atoms with Crippen molar-refractivity contribution in [2.24, 2.45) is 0 Å². The first kappa shape index (κ1) is 32.6. The Morgan fingerprint density at radius 2 is 1.98 bits per heavy atom. The third-order valence-electron chi connectivity index (χ3n) is 7.31. The van der Waals surface area contributed by atoms with Crippen LogP contribution in [0.2, 0.25) is 10.0 Å². The van der Waals surface area contributed by atoms with E-state index >= 15 is 0 Å². The highest BCUT2D eigenvalue weighted by Gasteiger charge is 2.35. The van der Waals surface area contributed by atoms with E-state index in [0.29, 0.717) is 50.1 Å². The molecule has 5 rings (SSSR count). The SMILES string of the molecule is CCOC(=O)C(c1ncn2c1CC(F)C2)n1cc2c(Cl)cc(-c3ccc(OCCNC(=O)OC(C)(C)C)c(CC)c3)c(Cl)c2n1. The van der Waals surface area contributed by atoms with E-state index in [1.807, 2.05) is 25.1 Å². The van der Waals surface area contributed by atoms with E-state index in [9.17, 15) is 14.0 Å². The molecule has 3 heterocycles. The molecule has 0 radical (unpaired) electrons. The van der Waals surface area contributed by atoms with Crippen molar-refractivity contribution in [2.45, 2.75) is 71.8 Å². The van der Waals surface area contributed by atoms with E-state index in [1.54, 1.807) is 44.5 Å². The van der Waals surface area contributed by atoms with Crippen molar-refractivity contribution in [2.75, 3.05) is 19.8 Å². The van der Waals surface area contributed by atoms with Crippen LogP contribution in [0.1, 0.15) is 57.6 Å². The van der Waals surface area contributed by atoms with Gasteiger partial charge < -0.3 is 24.1 Å². The van der Waals surface area contributed by atoms with E-state index in [-0.39, 0.29) is 32.7 Å². The topological polar surface area (TPSA) is 110 Å². The van der Waals surface area contributed by atoms with Gasteiger partial charge in [0.05, 0.1) is 41.8 Å². The standard InChI is InChI=1S/C32H36Cl2FN5O5/c1-6-18-12-19(8-9-25(18)44-11-10-36-31(42)45-32(3,4)5)21-14-23(33)22-16-40(38-27(22)26(21)34)29(30(41)43-7-2)28-24-13-20(35)15-39(24)17-37-28/h8-9,12,14,16-17,20,29H,6-7,10-11,13,15H2,1-5H3,(H,36,42). The summed E-state index contributed by atoms with van der Waals surface area (Å²) < 4.78 is 33.9. The van der Waals surface area contributed by atoms with Crippen LogP contribution in [-0.4, -0.2) is 62.9 Å². The van der Waals surface area contributed by atoms with Crippen molar-refractivity contribution < 1.29 is 28.2 Å². The Hall–Kier alpha value is -3.83. The molecule has 1 aliphatic heterocycles. The van der Waals surface area contributed by atoms with Crippen LogP contribution >= 0.6 is 23.2 Å². The number of hydrogen-bond donors (Lipinski definition) is 1. The number of carbonyl (C=O) groups excluding carboxylic acids is 2. The van der Waals surface area contributed by atoms with Crippen LogP contribution < -0.4 is 10.1 Å². The van der Waals surface area contributed by atoms with Gasteiger partial charge in [-0.25, -0.2) is 19.0 Å². The molecule has 4 aromatic rings. The van der Waals surface area contributed by atoms with Gasteiger partial charge in [-0.15, -0.1) is 0 Å². The Labute approximate surface area is 270 Å². The summed E-state index contributed by atoms with van der Waals surface area (Å²) in [6, 6.07) is 6.42. The highest BCUT2D eigenvalue weighted by molar-refractivity contribution is 6.42. The monoisotopic (exact) mass is 659 g/mol. The molecule has 0 spiro atoms. The highest BCUT2D eigenvalue weighted by atomic mass is 35.5. The summed E-state index contributed by atoms with van der Waals surface area (Å²) >= 11 is 13.7. The predicted molar refractivity (Wildman–Crippen MR) is 170 cm³/mol. The minimum Gasteiger partial charge on any atom is -0.491 e. The number of fused-ring (bicyclic) bond motifs is 2. The van der Waals surface area contributed by atoms with Gasteiger partial charge in [-0.3, -0.25) is 4.68 Å². The quantitative estimate of drug-likeness (QED) is 0.149. The number of nitrogens with one attached hydrogen (secondary N) is 1. The number of rotatable bonds is 10. The molecule has 0 saturated carbocycles. The fraction of sp³-hybridized carbons (Fsp3) is 0.438. The van der Waals surface area contributed by atoms with Crippen molar-refractivity contribution in [3.8, 4) is 16.9 Å². The molecule has 0 saturated heterocycles. The first-order valence-corrected chi connectivity index (χ1v) is 15.6. The maximum atomic E-state index is 14.2. The van der Waals surface area contributed by atoms with Gasteiger partial charge in [0.15, 0.2) is 6.04 Å². The predicted octanol–water partition coefficient (Wildman–Crippen LogP) is 6.72. The average Bonchev–Trinajstić information content (AvgIpc) is 3.68. The summed E-state index contributed by atoms with van der Waals surface area (Å²) in [6.07, 6.45) is 2.46. The molecular weight excluding hydrogens is 624 g/mol. The van der Waals surface area contributed by atoms with E-state index in [1.165, 1.54) is 11.0 Å². The fourth-order valence-electron chi connectivity index (χ4n) is 5.34. The zero-order chi connectivity index (χ0) is 32.5. The summed E-state index contributed by atoms with van der Waals surface area (Å²) in [5, 5.41) is 8.67. The molecule has 10 nitrogen and oxygen atoms in total. The summed E-state index contributed by atoms with van der Waals surface area (Å²) in [4.78, 5) is 29.6. The number of carbonyl (C=O) groups is 2.